The van der Waals surface area contributed by atoms with Crippen LogP contribution in [0.5, 0.6) is 0 Å². The number of pyridine rings is 1. The average Bonchev–Trinajstić information content (AvgIpc) is 2.54. The van der Waals surface area contributed by atoms with Gasteiger partial charge in [-0.25, -0.2) is 0 Å². The van der Waals surface area contributed by atoms with E-state index in [1.807, 2.05) is 12.1 Å². The van der Waals surface area contributed by atoms with Crippen LogP contribution in [0.15, 0.2) is 24.5 Å². The molecule has 2 heterocycles. The molecule has 1 aromatic rings. The van der Waals surface area contributed by atoms with Gasteiger partial charge in [0.15, 0.2) is 0 Å². The number of aromatic nitrogens is 1. The Morgan fingerprint density at radius 1 is 1.50 bits per heavy atom. The topological polar surface area (TPSA) is 80.8 Å². The first-order valence-electron chi connectivity index (χ1n) is 7.23. The zero-order valence-corrected chi connectivity index (χ0v) is 12.7. The standard InChI is InChI=1S/C15H21N3O4/c1-21-7-6-18-10-13(22-11-15(18)20)9-17-14(19)8-12-2-4-16-5-3-12/h2-5,13H,6-11H2,1H3,(H,17,19). The zero-order chi connectivity index (χ0) is 15.8. The summed E-state index contributed by atoms with van der Waals surface area (Å²) in [5, 5.41) is 2.84. The molecule has 0 aliphatic carbocycles. The predicted molar refractivity (Wildman–Crippen MR) is 79.1 cm³/mol. The minimum atomic E-state index is -0.184. The molecule has 1 aromatic heterocycles. The molecule has 0 radical (unpaired) electrons. The van der Waals surface area contributed by atoms with Gasteiger partial charge in [-0.2, -0.15) is 0 Å². The van der Waals surface area contributed by atoms with Crippen LogP contribution in [0.2, 0.25) is 0 Å². The molecule has 7 nitrogen and oxygen atoms in total. The van der Waals surface area contributed by atoms with Gasteiger partial charge >= 0.3 is 0 Å². The predicted octanol–water partition coefficient (Wildman–Crippen LogP) is -0.386. The molecule has 22 heavy (non-hydrogen) atoms. The molecule has 1 unspecified atom stereocenters. The number of methoxy groups -OCH3 is 1. The average molecular weight is 307 g/mol. The van der Waals surface area contributed by atoms with Crippen LogP contribution in [0.25, 0.3) is 0 Å². The van der Waals surface area contributed by atoms with Crippen LogP contribution < -0.4 is 5.32 Å². The van der Waals surface area contributed by atoms with Crippen molar-refractivity contribution in [3.05, 3.63) is 30.1 Å². The van der Waals surface area contributed by atoms with E-state index in [1.54, 1.807) is 24.4 Å². The first-order valence-corrected chi connectivity index (χ1v) is 7.23. The van der Waals surface area contributed by atoms with Gasteiger partial charge in [0.05, 0.1) is 19.1 Å². The van der Waals surface area contributed by atoms with Crippen LogP contribution in [0.3, 0.4) is 0 Å². The number of ether oxygens (including phenoxy) is 2. The van der Waals surface area contributed by atoms with Gasteiger partial charge in [0.2, 0.25) is 11.8 Å². The molecule has 120 valence electrons. The summed E-state index contributed by atoms with van der Waals surface area (Å²) in [6.07, 6.45) is 3.44. The number of amides is 2. The molecule has 2 amide bonds. The molecule has 1 aliphatic heterocycles. The second-order valence-corrected chi connectivity index (χ2v) is 5.10. The van der Waals surface area contributed by atoms with E-state index in [0.717, 1.165) is 5.56 Å². The van der Waals surface area contributed by atoms with E-state index in [-0.39, 0.29) is 24.5 Å². The lowest BCUT2D eigenvalue weighted by atomic mass is 10.2. The second kappa shape index (κ2) is 8.45. The van der Waals surface area contributed by atoms with Crippen molar-refractivity contribution in [1.29, 1.82) is 0 Å². The summed E-state index contributed by atoms with van der Waals surface area (Å²) in [4.78, 5) is 29.2. The molecule has 1 fully saturated rings. The maximum absolute atomic E-state index is 11.9. The Kier molecular flexibility index (Phi) is 6.29. The van der Waals surface area contributed by atoms with E-state index in [9.17, 15) is 9.59 Å². The van der Waals surface area contributed by atoms with Crippen LogP contribution in [0.4, 0.5) is 0 Å². The first-order chi connectivity index (χ1) is 10.7. The number of carbonyl (C=O) groups is 2. The SMILES string of the molecule is COCCN1CC(CNC(=O)Cc2ccncc2)OCC1=O. The summed E-state index contributed by atoms with van der Waals surface area (Å²) >= 11 is 0. The Labute approximate surface area is 129 Å². The van der Waals surface area contributed by atoms with Crippen molar-refractivity contribution in [3.8, 4) is 0 Å². The lowest BCUT2D eigenvalue weighted by Crippen LogP contribution is -2.51. The maximum Gasteiger partial charge on any atom is 0.248 e. The minimum Gasteiger partial charge on any atom is -0.383 e. The third-order valence-electron chi connectivity index (χ3n) is 3.43. The van der Waals surface area contributed by atoms with Crippen molar-refractivity contribution >= 4 is 11.8 Å². The number of rotatable bonds is 7. The van der Waals surface area contributed by atoms with Crippen molar-refractivity contribution in [2.24, 2.45) is 0 Å². The van der Waals surface area contributed by atoms with Crippen LogP contribution in [0.1, 0.15) is 5.56 Å². The van der Waals surface area contributed by atoms with Crippen molar-refractivity contribution < 1.29 is 19.1 Å². The fraction of sp³-hybridized carbons (Fsp3) is 0.533. The summed E-state index contributed by atoms with van der Waals surface area (Å²) in [6, 6.07) is 3.61. The zero-order valence-electron chi connectivity index (χ0n) is 12.7. The Bertz CT molecular complexity index is 495. The van der Waals surface area contributed by atoms with E-state index >= 15 is 0 Å². The second-order valence-electron chi connectivity index (χ2n) is 5.10. The van der Waals surface area contributed by atoms with Gasteiger partial charge in [-0.1, -0.05) is 0 Å². The Morgan fingerprint density at radius 3 is 3.00 bits per heavy atom. The van der Waals surface area contributed by atoms with Crippen molar-refractivity contribution in [2.45, 2.75) is 12.5 Å². The molecule has 1 atom stereocenters. The van der Waals surface area contributed by atoms with Gasteiger partial charge in [-0.15, -0.1) is 0 Å². The number of hydrogen-bond donors (Lipinski definition) is 1. The van der Waals surface area contributed by atoms with Crippen molar-refractivity contribution in [1.82, 2.24) is 15.2 Å². The maximum atomic E-state index is 11.9. The normalized spacial score (nSPS) is 18.3. The van der Waals surface area contributed by atoms with E-state index < -0.39 is 0 Å². The van der Waals surface area contributed by atoms with E-state index in [0.29, 0.717) is 32.7 Å². The molecule has 0 saturated carbocycles. The largest absolute Gasteiger partial charge is 0.383 e. The number of nitrogens with one attached hydrogen (secondary N) is 1. The highest BCUT2D eigenvalue weighted by Crippen LogP contribution is 2.06. The summed E-state index contributed by atoms with van der Waals surface area (Å²) in [6.45, 7) is 1.94. The molecular weight excluding hydrogens is 286 g/mol. The highest BCUT2D eigenvalue weighted by atomic mass is 16.5. The summed E-state index contributed by atoms with van der Waals surface area (Å²) in [5.74, 6) is -0.119. The third-order valence-corrected chi connectivity index (χ3v) is 3.43. The molecule has 1 saturated heterocycles. The molecule has 0 bridgehead atoms. The lowest BCUT2D eigenvalue weighted by molar-refractivity contribution is -0.149. The van der Waals surface area contributed by atoms with Gasteiger partial charge < -0.3 is 19.7 Å². The molecule has 0 spiro atoms. The molecule has 1 aliphatic rings. The Balaban J connectivity index is 1.74. The van der Waals surface area contributed by atoms with Gasteiger partial charge in [0, 0.05) is 39.1 Å². The van der Waals surface area contributed by atoms with Gasteiger partial charge in [0.25, 0.3) is 0 Å². The highest BCUT2D eigenvalue weighted by molar-refractivity contribution is 5.79. The fourth-order valence-corrected chi connectivity index (χ4v) is 2.20. The smallest absolute Gasteiger partial charge is 0.248 e. The highest BCUT2D eigenvalue weighted by Gasteiger charge is 2.26. The molecule has 0 aromatic carbocycles. The summed E-state index contributed by atoms with van der Waals surface area (Å²) in [5.41, 5.74) is 0.911. The number of morpholine rings is 1. The summed E-state index contributed by atoms with van der Waals surface area (Å²) < 4.78 is 10.4. The van der Waals surface area contributed by atoms with Gasteiger partial charge in [-0.3, -0.25) is 14.6 Å². The molecular formula is C15H21N3O4. The molecule has 7 heteroatoms. The van der Waals surface area contributed by atoms with E-state index in [4.69, 9.17) is 9.47 Å². The van der Waals surface area contributed by atoms with Crippen LogP contribution in [-0.2, 0) is 25.5 Å². The minimum absolute atomic E-state index is 0.0450. The first kappa shape index (κ1) is 16.4. The van der Waals surface area contributed by atoms with Crippen LogP contribution >= 0.6 is 0 Å². The number of nitrogens with zero attached hydrogens (tertiary/aromatic N) is 2. The van der Waals surface area contributed by atoms with Crippen LogP contribution in [-0.4, -0.2) is 67.8 Å². The number of carbonyl (C=O) groups excluding carboxylic acids is 2. The van der Waals surface area contributed by atoms with E-state index in [1.165, 1.54) is 0 Å². The van der Waals surface area contributed by atoms with Crippen molar-refractivity contribution in [3.63, 3.8) is 0 Å². The number of hydrogen-bond acceptors (Lipinski definition) is 5. The quantitative estimate of drug-likeness (QED) is 0.742. The van der Waals surface area contributed by atoms with E-state index in [2.05, 4.69) is 10.3 Å². The Hall–Kier alpha value is -1.99. The monoisotopic (exact) mass is 307 g/mol. The molecule has 1 N–H and O–H groups in total. The van der Waals surface area contributed by atoms with Gasteiger partial charge in [0.1, 0.15) is 6.61 Å². The lowest BCUT2D eigenvalue weighted by Gasteiger charge is -2.32. The third kappa shape index (κ3) is 5.09. The van der Waals surface area contributed by atoms with Crippen molar-refractivity contribution in [2.75, 3.05) is 40.0 Å². The van der Waals surface area contributed by atoms with Crippen LogP contribution in [0, 0.1) is 0 Å². The molecule has 2 rings (SSSR count). The fourth-order valence-electron chi connectivity index (χ4n) is 2.20. The van der Waals surface area contributed by atoms with Gasteiger partial charge in [-0.05, 0) is 17.7 Å². The Morgan fingerprint density at radius 2 is 2.27 bits per heavy atom. The summed E-state index contributed by atoms with van der Waals surface area (Å²) in [7, 11) is 1.60.